The number of carbonyl (C=O) groups is 2. The average Bonchev–Trinajstić information content (AvgIpc) is 2.63. The van der Waals surface area contributed by atoms with Crippen molar-refractivity contribution in [1.29, 1.82) is 0 Å². The number of likely N-dealkylation sites (N-methyl/N-ethyl adjacent to an activating group) is 1. The van der Waals surface area contributed by atoms with E-state index in [1.807, 2.05) is 42.4 Å². The van der Waals surface area contributed by atoms with Crippen LogP contribution in [0.1, 0.15) is 5.56 Å². The number of thiocarbonyl (C=S) groups is 1. The predicted octanol–water partition coefficient (Wildman–Crippen LogP) is -0.0337. The van der Waals surface area contributed by atoms with Crippen molar-refractivity contribution in [2.45, 2.75) is 12.5 Å². The molecule has 1 fully saturated rings. The third-order valence-corrected chi connectivity index (χ3v) is 4.32. The molecular formula is C17H24N4O3S. The molecule has 0 radical (unpaired) electrons. The average molecular weight is 364 g/mol. The van der Waals surface area contributed by atoms with E-state index in [1.54, 1.807) is 0 Å². The lowest BCUT2D eigenvalue weighted by molar-refractivity contribution is -0.144. The van der Waals surface area contributed by atoms with E-state index < -0.39 is 17.9 Å². The summed E-state index contributed by atoms with van der Waals surface area (Å²) in [5.41, 5.74) is 3.87. The van der Waals surface area contributed by atoms with Gasteiger partial charge in [-0.05, 0) is 12.6 Å². The molecule has 1 heterocycles. The number of esters is 1. The summed E-state index contributed by atoms with van der Waals surface area (Å²) >= 11 is 5.16. The quantitative estimate of drug-likeness (QED) is 0.561. The number of hydrogen-bond donors (Lipinski definition) is 2. The molecule has 0 saturated carbocycles. The number of ether oxygens (including phenoxy) is 1. The monoisotopic (exact) mass is 364 g/mol. The van der Waals surface area contributed by atoms with Crippen LogP contribution in [0.5, 0.6) is 0 Å². The van der Waals surface area contributed by atoms with Crippen molar-refractivity contribution >= 4 is 29.1 Å². The first-order chi connectivity index (χ1) is 12.0. The van der Waals surface area contributed by atoms with Gasteiger partial charge in [0.2, 0.25) is 0 Å². The lowest BCUT2D eigenvalue weighted by Crippen LogP contribution is -2.56. The Kier molecular flexibility index (Phi) is 7.30. The van der Waals surface area contributed by atoms with Crippen LogP contribution >= 0.6 is 12.2 Å². The maximum Gasteiger partial charge on any atom is 0.328 e. The third kappa shape index (κ3) is 6.08. The molecule has 1 aliphatic heterocycles. The standard InChI is InChI=1S/C17H24N4O3S/c1-20-8-10-21(11-9-20)19-16(25)15(22)18-14(17(23)24-2)12-13-6-4-3-5-7-13/h3-7,14H,8-12H2,1-2H3,(H,18,22)(H,19,25). The summed E-state index contributed by atoms with van der Waals surface area (Å²) in [7, 11) is 3.35. The van der Waals surface area contributed by atoms with Crippen LogP contribution in [0.3, 0.4) is 0 Å². The lowest BCUT2D eigenvalue weighted by atomic mass is 10.1. The second kappa shape index (κ2) is 9.45. The minimum Gasteiger partial charge on any atom is -0.467 e. The Morgan fingerprint density at radius 3 is 2.44 bits per heavy atom. The Morgan fingerprint density at radius 2 is 1.84 bits per heavy atom. The highest BCUT2D eigenvalue weighted by Crippen LogP contribution is 2.05. The van der Waals surface area contributed by atoms with Crippen molar-refractivity contribution in [2.75, 3.05) is 40.3 Å². The fraction of sp³-hybridized carbons (Fsp3) is 0.471. The molecule has 1 saturated heterocycles. The lowest BCUT2D eigenvalue weighted by Gasteiger charge is -2.33. The molecule has 2 N–H and O–H groups in total. The van der Waals surface area contributed by atoms with Crippen LogP contribution in [-0.4, -0.2) is 73.2 Å². The SMILES string of the molecule is COC(=O)C(Cc1ccccc1)NC(=O)C(=S)NN1CCN(C)CC1. The first-order valence-corrected chi connectivity index (χ1v) is 8.57. The summed E-state index contributed by atoms with van der Waals surface area (Å²) in [4.78, 5) is 26.6. The van der Waals surface area contributed by atoms with E-state index in [0.29, 0.717) is 6.42 Å². The van der Waals surface area contributed by atoms with Gasteiger partial charge in [-0.25, -0.2) is 9.80 Å². The molecule has 0 aromatic heterocycles. The number of nitrogens with one attached hydrogen (secondary N) is 2. The summed E-state index contributed by atoms with van der Waals surface area (Å²) in [6.07, 6.45) is 0.344. The molecule has 0 aliphatic carbocycles. The maximum absolute atomic E-state index is 12.3. The van der Waals surface area contributed by atoms with Gasteiger partial charge >= 0.3 is 5.97 Å². The number of amides is 1. The van der Waals surface area contributed by atoms with Gasteiger partial charge in [0.15, 0.2) is 4.99 Å². The summed E-state index contributed by atoms with van der Waals surface area (Å²) < 4.78 is 4.79. The smallest absolute Gasteiger partial charge is 0.328 e. The molecule has 1 aliphatic rings. The molecule has 1 aromatic rings. The van der Waals surface area contributed by atoms with Crippen LogP contribution in [-0.2, 0) is 20.7 Å². The Bertz CT molecular complexity index is 603. The molecule has 8 heteroatoms. The molecule has 1 aromatic carbocycles. The van der Waals surface area contributed by atoms with Gasteiger partial charge in [-0.2, -0.15) is 0 Å². The van der Waals surface area contributed by atoms with Gasteiger partial charge in [0.1, 0.15) is 6.04 Å². The van der Waals surface area contributed by atoms with E-state index in [-0.39, 0.29) is 4.99 Å². The normalized spacial score (nSPS) is 16.7. The third-order valence-electron chi connectivity index (χ3n) is 4.04. The Labute approximate surface area is 153 Å². The van der Waals surface area contributed by atoms with Crippen molar-refractivity contribution in [3.8, 4) is 0 Å². The summed E-state index contributed by atoms with van der Waals surface area (Å²) in [6, 6.07) is 8.65. The topological polar surface area (TPSA) is 73.9 Å². The van der Waals surface area contributed by atoms with E-state index in [2.05, 4.69) is 15.6 Å². The van der Waals surface area contributed by atoms with Crippen LogP contribution in [0.4, 0.5) is 0 Å². The Hall–Kier alpha value is -2.03. The van der Waals surface area contributed by atoms with Gasteiger partial charge in [0.05, 0.1) is 7.11 Å². The van der Waals surface area contributed by atoms with Crippen molar-refractivity contribution < 1.29 is 14.3 Å². The van der Waals surface area contributed by atoms with E-state index in [9.17, 15) is 9.59 Å². The molecule has 1 unspecified atom stereocenters. The summed E-state index contributed by atoms with van der Waals surface area (Å²) in [5.74, 6) is -0.986. The number of hydrazine groups is 1. The highest BCUT2D eigenvalue weighted by atomic mass is 32.1. The van der Waals surface area contributed by atoms with Gasteiger partial charge in [0.25, 0.3) is 5.91 Å². The number of methoxy groups -OCH3 is 1. The minimum absolute atomic E-state index is 0.0477. The van der Waals surface area contributed by atoms with Crippen LogP contribution in [0.25, 0.3) is 0 Å². The number of hydrogen-bond acceptors (Lipinski definition) is 6. The van der Waals surface area contributed by atoms with Gasteiger partial charge in [-0.15, -0.1) is 0 Å². The fourth-order valence-corrected chi connectivity index (χ4v) is 2.71. The first kappa shape index (κ1) is 19.3. The van der Waals surface area contributed by atoms with Crippen molar-refractivity contribution in [3.05, 3.63) is 35.9 Å². The molecule has 2 rings (SSSR count). The number of carbonyl (C=O) groups excluding carboxylic acids is 2. The molecule has 0 spiro atoms. The van der Waals surface area contributed by atoms with Gasteiger partial charge in [0, 0.05) is 32.6 Å². The summed E-state index contributed by atoms with van der Waals surface area (Å²) in [5, 5.41) is 4.57. The van der Waals surface area contributed by atoms with Crippen LogP contribution in [0.2, 0.25) is 0 Å². The zero-order valence-electron chi connectivity index (χ0n) is 14.5. The van der Waals surface area contributed by atoms with Gasteiger partial charge in [-0.1, -0.05) is 42.5 Å². The number of piperazine rings is 1. The van der Waals surface area contributed by atoms with Crippen LogP contribution in [0, 0.1) is 0 Å². The number of rotatable bonds is 5. The van der Waals surface area contributed by atoms with Crippen molar-refractivity contribution in [1.82, 2.24) is 20.7 Å². The van der Waals surface area contributed by atoms with Gasteiger partial charge in [-0.3, -0.25) is 4.79 Å². The summed E-state index contributed by atoms with van der Waals surface area (Å²) in [6.45, 7) is 3.34. The maximum atomic E-state index is 12.3. The molecular weight excluding hydrogens is 340 g/mol. The zero-order valence-corrected chi connectivity index (χ0v) is 15.3. The second-order valence-electron chi connectivity index (χ2n) is 5.97. The fourth-order valence-electron chi connectivity index (χ4n) is 2.52. The van der Waals surface area contributed by atoms with Crippen LogP contribution < -0.4 is 10.7 Å². The Morgan fingerprint density at radius 1 is 1.20 bits per heavy atom. The number of benzene rings is 1. The Balaban J connectivity index is 1.91. The highest BCUT2D eigenvalue weighted by Gasteiger charge is 2.25. The number of nitrogens with zero attached hydrogens (tertiary/aromatic N) is 2. The van der Waals surface area contributed by atoms with E-state index in [0.717, 1.165) is 31.7 Å². The second-order valence-corrected chi connectivity index (χ2v) is 6.38. The minimum atomic E-state index is -0.785. The molecule has 1 amide bonds. The molecule has 0 bridgehead atoms. The molecule has 7 nitrogen and oxygen atoms in total. The molecule has 25 heavy (non-hydrogen) atoms. The predicted molar refractivity (Wildman–Crippen MR) is 98.9 cm³/mol. The van der Waals surface area contributed by atoms with Crippen LogP contribution in [0.15, 0.2) is 30.3 Å². The largest absolute Gasteiger partial charge is 0.467 e. The van der Waals surface area contributed by atoms with E-state index >= 15 is 0 Å². The highest BCUT2D eigenvalue weighted by molar-refractivity contribution is 7.82. The van der Waals surface area contributed by atoms with Crippen molar-refractivity contribution in [3.63, 3.8) is 0 Å². The zero-order chi connectivity index (χ0) is 18.2. The van der Waals surface area contributed by atoms with E-state index in [4.69, 9.17) is 17.0 Å². The van der Waals surface area contributed by atoms with E-state index in [1.165, 1.54) is 7.11 Å². The molecule has 1 atom stereocenters. The molecule has 136 valence electrons. The first-order valence-electron chi connectivity index (χ1n) is 8.16. The van der Waals surface area contributed by atoms with Gasteiger partial charge < -0.3 is 20.4 Å². The van der Waals surface area contributed by atoms with Crippen molar-refractivity contribution in [2.24, 2.45) is 0 Å².